The van der Waals surface area contributed by atoms with Gasteiger partial charge < -0.3 is 4.42 Å². The van der Waals surface area contributed by atoms with Crippen LogP contribution in [0.1, 0.15) is 11.6 Å². The molecule has 0 spiro atoms. The number of pyridine rings is 1. The minimum Gasteiger partial charge on any atom is -0.419 e. The van der Waals surface area contributed by atoms with Gasteiger partial charge in [0.1, 0.15) is 0 Å². The lowest BCUT2D eigenvalue weighted by Crippen LogP contribution is -2.39. The van der Waals surface area contributed by atoms with Crippen LogP contribution in [-0.2, 0) is 26.4 Å². The number of aromatic amines is 1. The SMILES string of the molecule is Cc1ncc(-c2cc(-c3nnc(CN4CCS(=O)(=O)CC4)o3)c3cn[nH]c3c2)cc1NS(C)(=O)=O. The van der Waals surface area contributed by atoms with Gasteiger partial charge in [-0.1, -0.05) is 0 Å². The van der Waals surface area contributed by atoms with Crippen molar-refractivity contribution < 1.29 is 21.3 Å². The summed E-state index contributed by atoms with van der Waals surface area (Å²) in [6, 6.07) is 5.46. The van der Waals surface area contributed by atoms with E-state index in [0.717, 1.165) is 22.7 Å². The Labute approximate surface area is 201 Å². The molecule has 1 aliphatic heterocycles. The summed E-state index contributed by atoms with van der Waals surface area (Å²) in [6.45, 7) is 2.93. The number of benzene rings is 1. The summed E-state index contributed by atoms with van der Waals surface area (Å²) in [4.78, 5) is 6.31. The Kier molecular flexibility index (Phi) is 5.81. The highest BCUT2D eigenvalue weighted by molar-refractivity contribution is 7.92. The van der Waals surface area contributed by atoms with Gasteiger partial charge in [0.25, 0.3) is 0 Å². The predicted octanol–water partition coefficient (Wildman–Crippen LogP) is 1.59. The zero-order chi connectivity index (χ0) is 24.8. The molecule has 35 heavy (non-hydrogen) atoms. The summed E-state index contributed by atoms with van der Waals surface area (Å²) in [5.41, 5.74) is 3.77. The van der Waals surface area contributed by atoms with Crippen LogP contribution < -0.4 is 4.72 Å². The van der Waals surface area contributed by atoms with Crippen LogP contribution in [0, 0.1) is 6.92 Å². The molecular weight excluding hydrogens is 494 g/mol. The molecule has 1 aliphatic rings. The monoisotopic (exact) mass is 517 g/mol. The van der Waals surface area contributed by atoms with Crippen molar-refractivity contribution in [2.45, 2.75) is 13.5 Å². The van der Waals surface area contributed by atoms with Crippen LogP contribution in [0.25, 0.3) is 33.5 Å². The van der Waals surface area contributed by atoms with E-state index in [2.05, 4.69) is 30.1 Å². The van der Waals surface area contributed by atoms with Gasteiger partial charge in [-0.05, 0) is 30.7 Å². The van der Waals surface area contributed by atoms with Gasteiger partial charge in [-0.3, -0.25) is 19.7 Å². The van der Waals surface area contributed by atoms with Crippen LogP contribution >= 0.6 is 0 Å². The predicted molar refractivity (Wildman–Crippen MR) is 130 cm³/mol. The molecule has 2 N–H and O–H groups in total. The molecule has 0 aliphatic carbocycles. The first-order valence-electron chi connectivity index (χ1n) is 10.7. The standard InChI is InChI=1S/C21H23N7O5S2/c1-13-18(27-34(2,29)30)9-15(10-22-13)14-7-16(17-11-23-24-19(17)8-14)21-26-25-20(33-21)12-28-3-5-35(31,32)6-4-28/h7-11,27H,3-6,12H2,1-2H3,(H,23,24). The van der Waals surface area contributed by atoms with E-state index in [1.54, 1.807) is 25.4 Å². The van der Waals surface area contributed by atoms with Gasteiger partial charge in [0, 0.05) is 30.2 Å². The third-order valence-electron chi connectivity index (χ3n) is 5.77. The Bertz CT molecular complexity index is 1610. The Hall–Kier alpha value is -3.36. The molecule has 5 rings (SSSR count). The first-order chi connectivity index (χ1) is 16.6. The Balaban J connectivity index is 1.48. The van der Waals surface area contributed by atoms with Crippen LogP contribution in [0.15, 0.2) is 35.0 Å². The molecule has 12 nitrogen and oxygen atoms in total. The average Bonchev–Trinajstić information content (AvgIpc) is 3.44. The second-order valence-corrected chi connectivity index (χ2v) is 12.6. The highest BCUT2D eigenvalue weighted by atomic mass is 32.2. The normalized spacial score (nSPS) is 16.5. The van der Waals surface area contributed by atoms with Crippen molar-refractivity contribution in [1.29, 1.82) is 0 Å². The van der Waals surface area contributed by atoms with E-state index < -0.39 is 19.9 Å². The van der Waals surface area contributed by atoms with Crippen LogP contribution in [0.2, 0.25) is 0 Å². The molecule has 0 radical (unpaired) electrons. The maximum absolute atomic E-state index is 11.7. The lowest BCUT2D eigenvalue weighted by molar-refractivity contribution is 0.258. The highest BCUT2D eigenvalue weighted by Crippen LogP contribution is 2.34. The quantitative estimate of drug-likeness (QED) is 0.384. The van der Waals surface area contributed by atoms with Crippen molar-refractivity contribution in [3.8, 4) is 22.6 Å². The van der Waals surface area contributed by atoms with Crippen LogP contribution in [-0.4, -0.2) is 78.0 Å². The number of nitrogens with one attached hydrogen (secondary N) is 2. The molecular formula is C21H23N7O5S2. The fourth-order valence-electron chi connectivity index (χ4n) is 3.91. The molecule has 0 amide bonds. The summed E-state index contributed by atoms with van der Waals surface area (Å²) in [5.74, 6) is 0.921. The number of aromatic nitrogens is 5. The molecule has 1 fully saturated rings. The fraction of sp³-hybridized carbons (Fsp3) is 0.333. The number of hydrogen-bond donors (Lipinski definition) is 2. The molecule has 3 aromatic heterocycles. The average molecular weight is 518 g/mol. The highest BCUT2D eigenvalue weighted by Gasteiger charge is 2.23. The van der Waals surface area contributed by atoms with Gasteiger partial charge in [0.15, 0.2) is 9.84 Å². The smallest absolute Gasteiger partial charge is 0.248 e. The lowest BCUT2D eigenvalue weighted by Gasteiger charge is -2.24. The van der Waals surface area contributed by atoms with E-state index in [1.807, 2.05) is 17.0 Å². The van der Waals surface area contributed by atoms with Crippen molar-refractivity contribution in [3.63, 3.8) is 0 Å². The van der Waals surface area contributed by atoms with Crippen LogP contribution in [0.3, 0.4) is 0 Å². The molecule has 0 saturated carbocycles. The summed E-state index contributed by atoms with van der Waals surface area (Å²) in [6.07, 6.45) is 4.41. The van der Waals surface area contributed by atoms with Gasteiger partial charge in [-0.25, -0.2) is 16.8 Å². The molecule has 4 heterocycles. The van der Waals surface area contributed by atoms with Gasteiger partial charge in [-0.2, -0.15) is 5.10 Å². The zero-order valence-corrected chi connectivity index (χ0v) is 20.6. The molecule has 14 heteroatoms. The number of anilines is 1. The van der Waals surface area contributed by atoms with Crippen LogP contribution in [0.4, 0.5) is 5.69 Å². The lowest BCUT2D eigenvalue weighted by atomic mass is 10.0. The van der Waals surface area contributed by atoms with E-state index in [4.69, 9.17) is 4.42 Å². The molecule has 4 aromatic rings. The molecule has 184 valence electrons. The maximum Gasteiger partial charge on any atom is 0.248 e. The number of rotatable bonds is 6. The number of sulfone groups is 1. The van der Waals surface area contributed by atoms with Crippen molar-refractivity contribution in [2.75, 3.05) is 35.6 Å². The zero-order valence-electron chi connectivity index (χ0n) is 19.0. The minimum atomic E-state index is -3.47. The Morgan fingerprint density at radius 2 is 1.89 bits per heavy atom. The van der Waals surface area contributed by atoms with Crippen molar-refractivity contribution in [1.82, 2.24) is 30.3 Å². The maximum atomic E-state index is 11.7. The third-order valence-corrected chi connectivity index (χ3v) is 7.97. The minimum absolute atomic E-state index is 0.118. The van der Waals surface area contributed by atoms with Crippen LogP contribution in [0.5, 0.6) is 0 Å². The van der Waals surface area contributed by atoms with Gasteiger partial charge in [0.05, 0.1) is 53.0 Å². The largest absolute Gasteiger partial charge is 0.419 e. The van der Waals surface area contributed by atoms with Crippen molar-refractivity contribution >= 4 is 36.5 Å². The first kappa shape index (κ1) is 23.4. The second-order valence-electron chi connectivity index (χ2n) is 8.52. The molecule has 0 unspecified atom stereocenters. The number of hydrogen-bond acceptors (Lipinski definition) is 10. The van der Waals surface area contributed by atoms with E-state index in [1.165, 1.54) is 0 Å². The van der Waals surface area contributed by atoms with Gasteiger partial charge in [-0.15, -0.1) is 10.2 Å². The number of H-pyrrole nitrogens is 1. The Morgan fingerprint density at radius 1 is 1.11 bits per heavy atom. The van der Waals surface area contributed by atoms with E-state index >= 15 is 0 Å². The summed E-state index contributed by atoms with van der Waals surface area (Å²) in [5, 5.41) is 16.2. The molecule has 1 saturated heterocycles. The van der Waals surface area contributed by atoms with Gasteiger partial charge in [0.2, 0.25) is 21.8 Å². The summed E-state index contributed by atoms with van der Waals surface area (Å²) >= 11 is 0. The van der Waals surface area contributed by atoms with E-state index in [9.17, 15) is 16.8 Å². The summed E-state index contributed by atoms with van der Waals surface area (Å²) < 4.78 is 55.3. The topological polar surface area (TPSA) is 164 Å². The molecule has 1 aromatic carbocycles. The molecule has 0 bridgehead atoms. The summed E-state index contributed by atoms with van der Waals surface area (Å²) in [7, 11) is -6.44. The number of nitrogens with zero attached hydrogens (tertiary/aromatic N) is 5. The van der Waals surface area contributed by atoms with E-state index in [-0.39, 0.29) is 11.5 Å². The first-order valence-corrected chi connectivity index (χ1v) is 14.4. The third kappa shape index (κ3) is 5.18. The molecule has 0 atom stereocenters. The van der Waals surface area contributed by atoms with Gasteiger partial charge >= 0.3 is 0 Å². The van der Waals surface area contributed by atoms with E-state index in [0.29, 0.717) is 53.9 Å². The van der Waals surface area contributed by atoms with Crippen molar-refractivity contribution in [3.05, 3.63) is 42.2 Å². The fourth-order valence-corrected chi connectivity index (χ4v) is 5.80. The number of fused-ring (bicyclic) bond motifs is 1. The number of sulfonamides is 1. The Morgan fingerprint density at radius 3 is 2.63 bits per heavy atom. The second kappa shape index (κ2) is 8.70. The van der Waals surface area contributed by atoms with Crippen molar-refractivity contribution in [2.24, 2.45) is 0 Å². The number of aryl methyl sites for hydroxylation is 1.